The fourth-order valence-corrected chi connectivity index (χ4v) is 3.70. The molecule has 0 radical (unpaired) electrons. The Labute approximate surface area is 169 Å². The number of hydrogen-bond acceptors (Lipinski definition) is 5. The highest BCUT2D eigenvalue weighted by molar-refractivity contribution is 9.10. The summed E-state index contributed by atoms with van der Waals surface area (Å²) < 4.78 is 9.96. The van der Waals surface area contributed by atoms with Crippen LogP contribution in [-0.2, 0) is 17.8 Å². The third kappa shape index (κ3) is 3.44. The van der Waals surface area contributed by atoms with Crippen molar-refractivity contribution in [3.63, 3.8) is 0 Å². The number of hydrogen-bond donors (Lipinski definition) is 0. The van der Waals surface area contributed by atoms with E-state index < -0.39 is 0 Å². The van der Waals surface area contributed by atoms with Gasteiger partial charge in [-0.3, -0.25) is 4.68 Å². The number of methoxy groups -OCH3 is 1. The van der Waals surface area contributed by atoms with E-state index in [9.17, 15) is 0 Å². The van der Waals surface area contributed by atoms with Crippen LogP contribution in [0.2, 0.25) is 5.28 Å². The number of rotatable bonds is 6. The summed E-state index contributed by atoms with van der Waals surface area (Å²) >= 11 is 9.69. The number of fused-ring (bicyclic) bond motifs is 2. The molecule has 0 fully saturated rings. The summed E-state index contributed by atoms with van der Waals surface area (Å²) in [5.41, 5.74) is 4.19. The summed E-state index contributed by atoms with van der Waals surface area (Å²) in [5, 5.41) is 5.89. The third-order valence-electron chi connectivity index (χ3n) is 4.44. The first-order valence-electron chi connectivity index (χ1n) is 8.65. The van der Waals surface area contributed by atoms with E-state index in [-0.39, 0.29) is 5.28 Å². The summed E-state index contributed by atoms with van der Waals surface area (Å²) in [7, 11) is 1.71. The summed E-state index contributed by atoms with van der Waals surface area (Å²) in [4.78, 5) is 13.2. The maximum absolute atomic E-state index is 6.21. The van der Waals surface area contributed by atoms with Gasteiger partial charge in [-0.05, 0) is 46.9 Å². The lowest BCUT2D eigenvalue weighted by atomic mass is 10.1. The lowest BCUT2D eigenvalue weighted by Crippen LogP contribution is -2.00. The van der Waals surface area contributed by atoms with Gasteiger partial charge < -0.3 is 9.30 Å². The van der Waals surface area contributed by atoms with Crippen LogP contribution < -0.4 is 0 Å². The smallest absolute Gasteiger partial charge is 0.223 e. The van der Waals surface area contributed by atoms with Crippen LogP contribution in [0.25, 0.3) is 33.2 Å². The lowest BCUT2D eigenvalue weighted by Gasteiger charge is -2.04. The van der Waals surface area contributed by atoms with Gasteiger partial charge >= 0.3 is 0 Å². The molecule has 0 aromatic carbocycles. The van der Waals surface area contributed by atoms with Gasteiger partial charge in [0.05, 0.1) is 17.9 Å². The molecule has 0 aliphatic rings. The maximum atomic E-state index is 6.21. The molecular weight excluding hydrogens is 432 g/mol. The number of pyridine rings is 1. The van der Waals surface area contributed by atoms with Crippen molar-refractivity contribution >= 4 is 49.5 Å². The zero-order valence-electron chi connectivity index (χ0n) is 15.0. The van der Waals surface area contributed by atoms with E-state index in [1.807, 2.05) is 30.1 Å². The van der Waals surface area contributed by atoms with Gasteiger partial charge in [0.2, 0.25) is 5.28 Å². The molecule has 0 bridgehead atoms. The largest absolute Gasteiger partial charge is 0.385 e. The van der Waals surface area contributed by atoms with Crippen LogP contribution in [-0.4, -0.2) is 43.0 Å². The first-order chi connectivity index (χ1) is 13.1. The molecule has 4 rings (SSSR count). The zero-order chi connectivity index (χ0) is 19.0. The Morgan fingerprint density at radius 2 is 2.11 bits per heavy atom. The molecule has 0 aliphatic carbocycles. The van der Waals surface area contributed by atoms with Crippen LogP contribution in [0.4, 0.5) is 0 Å². The van der Waals surface area contributed by atoms with Crippen molar-refractivity contribution in [2.75, 3.05) is 13.7 Å². The fourth-order valence-electron chi connectivity index (χ4n) is 3.20. The highest BCUT2D eigenvalue weighted by Gasteiger charge is 2.18. The number of ether oxygens (including phenoxy) is 1. The van der Waals surface area contributed by atoms with Crippen molar-refractivity contribution in [3.05, 3.63) is 34.5 Å². The molecule has 0 atom stereocenters. The van der Waals surface area contributed by atoms with Crippen molar-refractivity contribution in [1.82, 2.24) is 29.3 Å². The van der Waals surface area contributed by atoms with Gasteiger partial charge in [-0.2, -0.15) is 5.10 Å². The third-order valence-corrected chi connectivity index (χ3v) is 5.05. The Balaban J connectivity index is 1.94. The van der Waals surface area contributed by atoms with Gasteiger partial charge in [-0.25, -0.2) is 15.0 Å². The van der Waals surface area contributed by atoms with Crippen LogP contribution in [0.3, 0.4) is 0 Å². The number of aromatic nitrogens is 6. The quantitative estimate of drug-likeness (QED) is 0.249. The number of nitrogens with zero attached hydrogens (tertiary/aromatic N) is 6. The summed E-state index contributed by atoms with van der Waals surface area (Å²) in [5.74, 6) is 0. The monoisotopic (exact) mass is 448 g/mol. The Bertz CT molecular complexity index is 1120. The fraction of sp³-hybridized carbons (Fsp3) is 0.333. The molecule has 27 heavy (non-hydrogen) atoms. The summed E-state index contributed by atoms with van der Waals surface area (Å²) in [6, 6.07) is 2.00. The van der Waals surface area contributed by atoms with Crippen LogP contribution in [0.5, 0.6) is 0 Å². The van der Waals surface area contributed by atoms with E-state index in [2.05, 4.69) is 46.7 Å². The van der Waals surface area contributed by atoms with E-state index in [0.29, 0.717) is 6.61 Å². The summed E-state index contributed by atoms with van der Waals surface area (Å²) in [6.45, 7) is 4.30. The lowest BCUT2D eigenvalue weighted by molar-refractivity contribution is 0.190. The van der Waals surface area contributed by atoms with Crippen molar-refractivity contribution in [1.29, 1.82) is 0 Å². The second kappa shape index (κ2) is 7.53. The number of halogens is 2. The Hall–Kier alpha value is -2.03. The zero-order valence-corrected chi connectivity index (χ0v) is 17.3. The molecule has 9 heteroatoms. The molecule has 0 N–H and O–H groups in total. The molecule has 140 valence electrons. The van der Waals surface area contributed by atoms with Gasteiger partial charge in [-0.1, -0.05) is 0 Å². The van der Waals surface area contributed by atoms with Gasteiger partial charge in [-0.15, -0.1) is 0 Å². The molecule has 4 aromatic rings. The molecule has 0 spiro atoms. The van der Waals surface area contributed by atoms with Gasteiger partial charge in [0, 0.05) is 44.0 Å². The Kier molecular flexibility index (Phi) is 5.12. The second-order valence-electron chi connectivity index (χ2n) is 6.17. The van der Waals surface area contributed by atoms with Crippen molar-refractivity contribution in [3.8, 4) is 11.3 Å². The molecule has 7 nitrogen and oxygen atoms in total. The molecule has 0 amide bonds. The minimum absolute atomic E-state index is 0.210. The van der Waals surface area contributed by atoms with Crippen molar-refractivity contribution in [2.24, 2.45) is 0 Å². The second-order valence-corrected chi connectivity index (χ2v) is 7.32. The first-order valence-corrected chi connectivity index (χ1v) is 9.82. The molecule has 0 unspecified atom stereocenters. The summed E-state index contributed by atoms with van der Waals surface area (Å²) in [6.07, 6.45) is 6.74. The van der Waals surface area contributed by atoms with E-state index in [1.54, 1.807) is 7.11 Å². The topological polar surface area (TPSA) is 70.7 Å². The normalized spacial score (nSPS) is 11.7. The standard InChI is InChI=1S/C18H18BrClN6O/c1-3-26-10-13-17(24-26)16(23-18(20)22-13)12-9-25(5-4-6-27-2)14-8-21-15(19)7-11(12)14/h7-10H,3-6H2,1-2H3. The predicted octanol–water partition coefficient (Wildman–Crippen LogP) is 4.32. The minimum Gasteiger partial charge on any atom is -0.385 e. The van der Waals surface area contributed by atoms with E-state index >= 15 is 0 Å². The predicted molar refractivity (Wildman–Crippen MR) is 109 cm³/mol. The van der Waals surface area contributed by atoms with Crippen LogP contribution >= 0.6 is 27.5 Å². The van der Waals surface area contributed by atoms with Crippen LogP contribution in [0.15, 0.2) is 29.3 Å². The van der Waals surface area contributed by atoms with E-state index in [0.717, 1.165) is 57.3 Å². The Morgan fingerprint density at radius 1 is 1.26 bits per heavy atom. The van der Waals surface area contributed by atoms with Crippen LogP contribution in [0.1, 0.15) is 13.3 Å². The van der Waals surface area contributed by atoms with Gasteiger partial charge in [0.15, 0.2) is 0 Å². The van der Waals surface area contributed by atoms with E-state index in [4.69, 9.17) is 16.3 Å². The minimum atomic E-state index is 0.210. The molecule has 4 heterocycles. The molecule has 0 aliphatic heterocycles. The highest BCUT2D eigenvalue weighted by atomic mass is 79.9. The average molecular weight is 450 g/mol. The van der Waals surface area contributed by atoms with Crippen molar-refractivity contribution < 1.29 is 4.74 Å². The first kappa shape index (κ1) is 18.3. The maximum Gasteiger partial charge on any atom is 0.223 e. The highest BCUT2D eigenvalue weighted by Crippen LogP contribution is 2.34. The van der Waals surface area contributed by atoms with Crippen molar-refractivity contribution in [2.45, 2.75) is 26.4 Å². The van der Waals surface area contributed by atoms with Crippen LogP contribution in [0, 0.1) is 0 Å². The van der Waals surface area contributed by atoms with E-state index in [1.165, 1.54) is 0 Å². The molecule has 4 aromatic heterocycles. The van der Waals surface area contributed by atoms with Gasteiger partial charge in [0.25, 0.3) is 0 Å². The molecule has 0 saturated carbocycles. The molecule has 0 saturated heterocycles. The number of aryl methyl sites for hydroxylation is 2. The molecular formula is C18H18BrClN6O. The Morgan fingerprint density at radius 3 is 2.89 bits per heavy atom. The average Bonchev–Trinajstić information content (AvgIpc) is 3.22. The van der Waals surface area contributed by atoms with Gasteiger partial charge in [0.1, 0.15) is 21.3 Å². The SMILES string of the molecule is CCn1cc2nc(Cl)nc(-c3cn(CCCOC)c4cnc(Br)cc34)c2n1.